The van der Waals surface area contributed by atoms with Crippen molar-refractivity contribution in [3.05, 3.63) is 29.1 Å². The van der Waals surface area contributed by atoms with Gasteiger partial charge in [-0.25, -0.2) is 4.79 Å². The number of hydrogen-bond donors (Lipinski definition) is 1. The average molecular weight is 238 g/mol. The molecule has 0 aliphatic rings. The van der Waals surface area contributed by atoms with Crippen molar-refractivity contribution in [3.8, 4) is 0 Å². The molecule has 0 bridgehead atoms. The Bertz CT molecular complexity index is 502. The third kappa shape index (κ3) is 1.87. The fraction of sp³-hybridized carbons (Fsp3) is 0.182. The van der Waals surface area contributed by atoms with Crippen molar-refractivity contribution < 1.29 is 9.90 Å². The van der Waals surface area contributed by atoms with Crippen molar-refractivity contribution in [3.63, 3.8) is 0 Å². The number of carboxylic acids is 1. The van der Waals surface area contributed by atoms with Crippen molar-refractivity contribution in [2.75, 3.05) is 5.75 Å². The minimum atomic E-state index is -0.827. The van der Waals surface area contributed by atoms with Gasteiger partial charge in [0.05, 0.1) is 0 Å². The zero-order valence-corrected chi connectivity index (χ0v) is 9.82. The maximum absolute atomic E-state index is 11.1. The Morgan fingerprint density at radius 1 is 1.47 bits per heavy atom. The van der Waals surface area contributed by atoms with Gasteiger partial charge in [-0.15, -0.1) is 23.1 Å². The summed E-state index contributed by atoms with van der Waals surface area (Å²) in [6, 6.07) is 7.83. The van der Waals surface area contributed by atoms with Crippen LogP contribution in [0.1, 0.15) is 16.6 Å². The summed E-state index contributed by atoms with van der Waals surface area (Å²) in [6.45, 7) is 2.03. The van der Waals surface area contributed by atoms with E-state index in [1.807, 2.05) is 31.2 Å². The molecule has 0 aliphatic heterocycles. The Morgan fingerprint density at radius 3 is 2.87 bits per heavy atom. The van der Waals surface area contributed by atoms with Crippen LogP contribution in [0.4, 0.5) is 0 Å². The lowest BCUT2D eigenvalue weighted by Gasteiger charge is -1.97. The summed E-state index contributed by atoms with van der Waals surface area (Å²) < 4.78 is 1.05. The highest BCUT2D eigenvalue weighted by atomic mass is 32.2. The highest BCUT2D eigenvalue weighted by molar-refractivity contribution is 7.99. The number of benzene rings is 1. The lowest BCUT2D eigenvalue weighted by molar-refractivity contribution is 0.0699. The molecular weight excluding hydrogens is 228 g/mol. The second-order valence-corrected chi connectivity index (χ2v) is 5.32. The van der Waals surface area contributed by atoms with E-state index in [1.165, 1.54) is 11.3 Å². The molecule has 4 heteroatoms. The van der Waals surface area contributed by atoms with Gasteiger partial charge in [0.1, 0.15) is 4.88 Å². The first-order valence-electron chi connectivity index (χ1n) is 4.61. The van der Waals surface area contributed by atoms with Gasteiger partial charge in [0.2, 0.25) is 0 Å². The summed E-state index contributed by atoms with van der Waals surface area (Å²) in [6.07, 6.45) is 0. The van der Waals surface area contributed by atoms with Crippen molar-refractivity contribution in [2.45, 2.75) is 11.8 Å². The van der Waals surface area contributed by atoms with Gasteiger partial charge in [0, 0.05) is 15.0 Å². The second kappa shape index (κ2) is 4.24. The van der Waals surface area contributed by atoms with Crippen LogP contribution >= 0.6 is 23.1 Å². The molecule has 2 rings (SSSR count). The molecule has 0 saturated carbocycles. The van der Waals surface area contributed by atoms with E-state index in [9.17, 15) is 4.79 Å². The Balaban J connectivity index is 2.68. The van der Waals surface area contributed by atoms with Crippen molar-refractivity contribution in [1.29, 1.82) is 0 Å². The molecule has 0 saturated heterocycles. The second-order valence-electron chi connectivity index (χ2n) is 2.99. The molecule has 0 fully saturated rings. The Labute approximate surface area is 95.9 Å². The van der Waals surface area contributed by atoms with E-state index in [2.05, 4.69) is 0 Å². The predicted molar refractivity (Wildman–Crippen MR) is 65.2 cm³/mol. The molecule has 15 heavy (non-hydrogen) atoms. The molecule has 0 spiro atoms. The molecule has 2 nitrogen and oxygen atoms in total. The van der Waals surface area contributed by atoms with Crippen LogP contribution in [0.15, 0.2) is 29.2 Å². The monoisotopic (exact) mass is 238 g/mol. The normalized spacial score (nSPS) is 10.7. The number of rotatable bonds is 3. The van der Waals surface area contributed by atoms with Crippen molar-refractivity contribution in [2.24, 2.45) is 0 Å². The number of carboxylic acid groups (broad SMARTS) is 1. The molecular formula is C11H10O2S2. The summed E-state index contributed by atoms with van der Waals surface area (Å²) >= 11 is 2.95. The Kier molecular flexibility index (Phi) is 2.98. The molecule has 2 aromatic rings. The molecule has 0 unspecified atom stereocenters. The van der Waals surface area contributed by atoms with Crippen LogP contribution in [0, 0.1) is 0 Å². The number of aromatic carboxylic acids is 1. The van der Waals surface area contributed by atoms with E-state index < -0.39 is 5.97 Å². The van der Waals surface area contributed by atoms with Gasteiger partial charge in [-0.2, -0.15) is 0 Å². The summed E-state index contributed by atoms with van der Waals surface area (Å²) in [5.74, 6) is 0.0632. The Hall–Kier alpha value is -1.00. The van der Waals surface area contributed by atoms with E-state index in [4.69, 9.17) is 5.11 Å². The lowest BCUT2D eigenvalue weighted by atomic mass is 10.2. The topological polar surface area (TPSA) is 37.3 Å². The first-order valence-corrected chi connectivity index (χ1v) is 6.42. The molecule has 0 atom stereocenters. The molecule has 1 aromatic heterocycles. The van der Waals surface area contributed by atoms with Gasteiger partial charge in [-0.1, -0.05) is 25.1 Å². The average Bonchev–Trinajstić information content (AvgIpc) is 2.58. The first-order chi connectivity index (χ1) is 7.24. The number of hydrogen-bond acceptors (Lipinski definition) is 3. The highest BCUT2D eigenvalue weighted by Gasteiger charge is 2.16. The number of carbonyl (C=O) groups is 1. The number of thiophene rings is 1. The van der Waals surface area contributed by atoms with E-state index in [0.717, 1.165) is 20.7 Å². The summed E-state index contributed by atoms with van der Waals surface area (Å²) in [5, 5.41) is 10.2. The van der Waals surface area contributed by atoms with E-state index in [0.29, 0.717) is 4.88 Å². The predicted octanol–water partition coefficient (Wildman–Crippen LogP) is 3.71. The molecule has 1 heterocycles. The molecule has 0 aliphatic carbocycles. The zero-order chi connectivity index (χ0) is 10.8. The quantitative estimate of drug-likeness (QED) is 0.828. The smallest absolute Gasteiger partial charge is 0.347 e. The molecule has 1 N–H and O–H groups in total. The van der Waals surface area contributed by atoms with E-state index in [1.54, 1.807) is 11.8 Å². The van der Waals surface area contributed by atoms with Crippen LogP contribution in [0.3, 0.4) is 0 Å². The fourth-order valence-electron chi connectivity index (χ4n) is 1.45. The number of thioether (sulfide) groups is 1. The van der Waals surface area contributed by atoms with Crippen LogP contribution in [-0.2, 0) is 0 Å². The van der Waals surface area contributed by atoms with Crippen LogP contribution in [0.25, 0.3) is 10.1 Å². The highest BCUT2D eigenvalue weighted by Crippen LogP contribution is 2.37. The van der Waals surface area contributed by atoms with Gasteiger partial charge < -0.3 is 5.11 Å². The van der Waals surface area contributed by atoms with E-state index in [-0.39, 0.29) is 0 Å². The first kappa shape index (κ1) is 10.5. The standard InChI is InChI=1S/C11H10O2S2/c1-2-14-9-7-5-3-4-6-8(7)15-10(9)11(12)13/h3-6H,2H2,1H3,(H,12,13). The van der Waals surface area contributed by atoms with Gasteiger partial charge >= 0.3 is 5.97 Å². The van der Waals surface area contributed by atoms with Gasteiger partial charge in [0.15, 0.2) is 0 Å². The van der Waals surface area contributed by atoms with Gasteiger partial charge in [-0.05, 0) is 11.8 Å². The maximum Gasteiger partial charge on any atom is 0.347 e. The van der Waals surface area contributed by atoms with Crippen LogP contribution in [0.5, 0.6) is 0 Å². The van der Waals surface area contributed by atoms with Gasteiger partial charge in [0.25, 0.3) is 0 Å². The molecule has 78 valence electrons. The van der Waals surface area contributed by atoms with Crippen molar-refractivity contribution >= 4 is 39.2 Å². The summed E-state index contributed by atoms with van der Waals surface area (Å²) in [4.78, 5) is 12.4. The summed E-state index contributed by atoms with van der Waals surface area (Å²) in [7, 11) is 0. The number of fused-ring (bicyclic) bond motifs is 1. The van der Waals surface area contributed by atoms with Crippen LogP contribution < -0.4 is 0 Å². The SMILES string of the molecule is CCSc1c(C(=O)O)sc2ccccc12. The van der Waals surface area contributed by atoms with Crippen LogP contribution in [0.2, 0.25) is 0 Å². The van der Waals surface area contributed by atoms with Crippen molar-refractivity contribution in [1.82, 2.24) is 0 Å². The third-order valence-corrected chi connectivity index (χ3v) is 4.32. The molecule has 0 amide bonds. The fourth-order valence-corrected chi connectivity index (χ4v) is 3.59. The van der Waals surface area contributed by atoms with Crippen LogP contribution in [-0.4, -0.2) is 16.8 Å². The minimum Gasteiger partial charge on any atom is -0.477 e. The minimum absolute atomic E-state index is 0.461. The zero-order valence-electron chi connectivity index (χ0n) is 8.19. The van der Waals surface area contributed by atoms with E-state index >= 15 is 0 Å². The third-order valence-electron chi connectivity index (χ3n) is 2.03. The maximum atomic E-state index is 11.1. The summed E-state index contributed by atoms with van der Waals surface area (Å²) in [5.41, 5.74) is 0. The molecule has 0 radical (unpaired) electrons. The molecule has 1 aromatic carbocycles. The van der Waals surface area contributed by atoms with Gasteiger partial charge in [-0.3, -0.25) is 0 Å². The Morgan fingerprint density at radius 2 is 2.20 bits per heavy atom. The lowest BCUT2D eigenvalue weighted by Crippen LogP contribution is -1.93. The largest absolute Gasteiger partial charge is 0.477 e.